The number of benzene rings is 1. The van der Waals surface area contributed by atoms with Gasteiger partial charge in [-0.25, -0.2) is 5.43 Å². The molecule has 0 radical (unpaired) electrons. The Hall–Kier alpha value is -1.73. The number of thiophene rings is 1. The first kappa shape index (κ1) is 19.0. The Labute approximate surface area is 163 Å². The third-order valence-electron chi connectivity index (χ3n) is 4.29. The first-order chi connectivity index (χ1) is 12.6. The molecule has 26 heavy (non-hydrogen) atoms. The van der Waals surface area contributed by atoms with Crippen LogP contribution in [0, 0.1) is 6.92 Å². The summed E-state index contributed by atoms with van der Waals surface area (Å²) in [6.07, 6.45) is 1.69. The van der Waals surface area contributed by atoms with Crippen molar-refractivity contribution in [2.75, 3.05) is 32.7 Å². The summed E-state index contributed by atoms with van der Waals surface area (Å²) in [4.78, 5) is 18.9. The maximum Gasteiger partial charge on any atom is 0.254 e. The zero-order valence-corrected chi connectivity index (χ0v) is 16.4. The Morgan fingerprint density at radius 3 is 2.50 bits per heavy atom. The molecule has 138 valence electrons. The zero-order valence-electron chi connectivity index (χ0n) is 14.8. The number of rotatable bonds is 6. The van der Waals surface area contributed by atoms with Gasteiger partial charge >= 0.3 is 0 Å². The number of hydrogen-bond acceptors (Lipinski definition) is 5. The Morgan fingerprint density at radius 1 is 1.15 bits per heavy atom. The van der Waals surface area contributed by atoms with Gasteiger partial charge in [0.05, 0.1) is 12.8 Å². The van der Waals surface area contributed by atoms with Crippen LogP contribution in [0.15, 0.2) is 41.5 Å². The Balaban J connectivity index is 1.37. The highest BCUT2D eigenvalue weighted by atomic mass is 35.5. The maximum absolute atomic E-state index is 12.0. The average Bonchev–Trinajstić information content (AvgIpc) is 3.04. The third kappa shape index (κ3) is 5.92. The molecule has 1 amide bonds. The summed E-state index contributed by atoms with van der Waals surface area (Å²) >= 11 is 7.58. The standard InChI is InChI=1S/C19H23ClN4OS/c1-15-2-7-18(26-15)12-21-22-19(25)14-24-10-8-23(9-11-24)13-16-3-5-17(20)6-4-16/h2-7,12H,8-11,13-14H2,1H3,(H,22,25)/b21-12+. The number of hydrogen-bond donors (Lipinski definition) is 1. The van der Waals surface area contributed by atoms with Gasteiger partial charge in [0.2, 0.25) is 0 Å². The van der Waals surface area contributed by atoms with Gasteiger partial charge in [-0.2, -0.15) is 5.10 Å². The van der Waals surface area contributed by atoms with Crippen LogP contribution in [-0.2, 0) is 11.3 Å². The number of piperazine rings is 1. The molecule has 0 atom stereocenters. The van der Waals surface area contributed by atoms with Crippen molar-refractivity contribution in [2.45, 2.75) is 13.5 Å². The molecule has 7 heteroatoms. The molecule has 0 saturated carbocycles. The summed E-state index contributed by atoms with van der Waals surface area (Å²) in [7, 11) is 0. The minimum absolute atomic E-state index is 0.0688. The van der Waals surface area contributed by atoms with Crippen molar-refractivity contribution in [3.8, 4) is 0 Å². The van der Waals surface area contributed by atoms with E-state index in [1.165, 1.54) is 10.4 Å². The van der Waals surface area contributed by atoms with Crippen LogP contribution in [0.1, 0.15) is 15.3 Å². The number of carbonyl (C=O) groups excluding carboxylic acids is 1. The molecule has 0 bridgehead atoms. The van der Waals surface area contributed by atoms with E-state index in [0.29, 0.717) is 6.54 Å². The van der Waals surface area contributed by atoms with Crippen molar-refractivity contribution in [1.29, 1.82) is 0 Å². The van der Waals surface area contributed by atoms with Gasteiger partial charge in [0.15, 0.2) is 0 Å². The predicted molar refractivity (Wildman–Crippen MR) is 108 cm³/mol. The summed E-state index contributed by atoms with van der Waals surface area (Å²) < 4.78 is 0. The van der Waals surface area contributed by atoms with E-state index in [0.717, 1.165) is 42.6 Å². The van der Waals surface area contributed by atoms with Gasteiger partial charge in [0.1, 0.15) is 0 Å². The molecule has 1 N–H and O–H groups in total. The van der Waals surface area contributed by atoms with E-state index in [4.69, 9.17) is 11.6 Å². The highest BCUT2D eigenvalue weighted by molar-refractivity contribution is 7.13. The van der Waals surface area contributed by atoms with Crippen LogP contribution in [0.25, 0.3) is 0 Å². The second-order valence-corrected chi connectivity index (χ2v) is 8.18. The van der Waals surface area contributed by atoms with Gasteiger partial charge in [0.25, 0.3) is 5.91 Å². The molecule has 1 aliphatic rings. The Kier molecular flexibility index (Phi) is 6.80. The van der Waals surface area contributed by atoms with Crippen molar-refractivity contribution in [2.24, 2.45) is 5.10 Å². The molecule has 2 aromatic rings. The molecule has 1 aromatic heterocycles. The SMILES string of the molecule is Cc1ccc(/C=N/NC(=O)CN2CCN(Cc3ccc(Cl)cc3)CC2)s1. The van der Waals surface area contributed by atoms with E-state index in [1.807, 2.05) is 31.2 Å². The summed E-state index contributed by atoms with van der Waals surface area (Å²) in [5, 5.41) is 4.80. The normalized spacial score (nSPS) is 16.2. The molecule has 1 saturated heterocycles. The summed E-state index contributed by atoms with van der Waals surface area (Å²) in [6.45, 7) is 7.02. The Morgan fingerprint density at radius 2 is 1.85 bits per heavy atom. The van der Waals surface area contributed by atoms with E-state index < -0.39 is 0 Å². The molecule has 0 spiro atoms. The molecule has 1 fully saturated rings. The zero-order chi connectivity index (χ0) is 18.4. The highest BCUT2D eigenvalue weighted by Crippen LogP contribution is 2.13. The van der Waals surface area contributed by atoms with Gasteiger partial charge in [-0.15, -0.1) is 11.3 Å². The largest absolute Gasteiger partial charge is 0.297 e. The number of aryl methyl sites for hydroxylation is 1. The van der Waals surface area contributed by atoms with Crippen LogP contribution >= 0.6 is 22.9 Å². The molecule has 0 unspecified atom stereocenters. The fraction of sp³-hybridized carbons (Fsp3) is 0.368. The topological polar surface area (TPSA) is 47.9 Å². The average molecular weight is 391 g/mol. The molecule has 2 heterocycles. The van der Waals surface area contributed by atoms with Gasteiger partial charge < -0.3 is 0 Å². The molecule has 1 aliphatic heterocycles. The lowest BCUT2D eigenvalue weighted by Crippen LogP contribution is -2.48. The first-order valence-corrected chi connectivity index (χ1v) is 9.85. The highest BCUT2D eigenvalue weighted by Gasteiger charge is 2.18. The van der Waals surface area contributed by atoms with E-state index >= 15 is 0 Å². The van der Waals surface area contributed by atoms with Gasteiger partial charge in [0, 0.05) is 47.5 Å². The van der Waals surface area contributed by atoms with E-state index in [-0.39, 0.29) is 5.91 Å². The van der Waals surface area contributed by atoms with Crippen molar-refractivity contribution in [3.63, 3.8) is 0 Å². The van der Waals surface area contributed by atoms with Crippen LogP contribution in [0.3, 0.4) is 0 Å². The number of hydrazone groups is 1. The lowest BCUT2D eigenvalue weighted by molar-refractivity contribution is -0.122. The monoisotopic (exact) mass is 390 g/mol. The minimum atomic E-state index is -0.0688. The molecule has 0 aliphatic carbocycles. The number of carbonyl (C=O) groups is 1. The number of amides is 1. The molecular formula is C19H23ClN4OS. The second kappa shape index (κ2) is 9.28. The van der Waals surface area contributed by atoms with Crippen molar-refractivity contribution in [1.82, 2.24) is 15.2 Å². The van der Waals surface area contributed by atoms with E-state index in [1.54, 1.807) is 17.6 Å². The summed E-state index contributed by atoms with van der Waals surface area (Å²) in [6, 6.07) is 12.0. The van der Waals surface area contributed by atoms with Crippen LogP contribution in [-0.4, -0.2) is 54.6 Å². The number of nitrogens with zero attached hydrogens (tertiary/aromatic N) is 3. The number of nitrogens with one attached hydrogen (secondary N) is 1. The fourth-order valence-electron chi connectivity index (χ4n) is 2.88. The van der Waals surface area contributed by atoms with Crippen LogP contribution in [0.4, 0.5) is 0 Å². The lowest BCUT2D eigenvalue weighted by Gasteiger charge is -2.34. The van der Waals surface area contributed by atoms with Gasteiger partial charge in [-0.05, 0) is 36.8 Å². The van der Waals surface area contributed by atoms with Gasteiger partial charge in [-0.3, -0.25) is 14.6 Å². The molecule has 5 nitrogen and oxygen atoms in total. The van der Waals surface area contributed by atoms with Crippen LogP contribution in [0.5, 0.6) is 0 Å². The van der Waals surface area contributed by atoms with Crippen molar-refractivity contribution in [3.05, 3.63) is 56.7 Å². The summed E-state index contributed by atoms with van der Waals surface area (Å²) in [5.41, 5.74) is 3.88. The Bertz CT molecular complexity index is 751. The maximum atomic E-state index is 12.0. The summed E-state index contributed by atoms with van der Waals surface area (Å²) in [5.74, 6) is -0.0688. The van der Waals surface area contributed by atoms with Crippen molar-refractivity contribution < 1.29 is 4.79 Å². The molecular weight excluding hydrogens is 368 g/mol. The molecule has 3 rings (SSSR count). The van der Waals surface area contributed by atoms with E-state index in [9.17, 15) is 4.79 Å². The predicted octanol–water partition coefficient (Wildman–Crippen LogP) is 2.98. The fourth-order valence-corrected chi connectivity index (χ4v) is 3.76. The third-order valence-corrected chi connectivity index (χ3v) is 5.48. The lowest BCUT2D eigenvalue weighted by atomic mass is 10.2. The van der Waals surface area contributed by atoms with Crippen molar-refractivity contribution >= 4 is 35.1 Å². The van der Waals surface area contributed by atoms with Gasteiger partial charge in [-0.1, -0.05) is 23.7 Å². The van der Waals surface area contributed by atoms with Crippen LogP contribution < -0.4 is 5.43 Å². The smallest absolute Gasteiger partial charge is 0.254 e. The van der Waals surface area contributed by atoms with E-state index in [2.05, 4.69) is 32.5 Å². The molecule has 1 aromatic carbocycles. The van der Waals surface area contributed by atoms with Crippen LogP contribution in [0.2, 0.25) is 5.02 Å². The first-order valence-electron chi connectivity index (χ1n) is 8.66. The number of halogens is 1. The second-order valence-electron chi connectivity index (χ2n) is 6.42. The minimum Gasteiger partial charge on any atom is -0.297 e. The quantitative estimate of drug-likeness (QED) is 0.609.